The second kappa shape index (κ2) is 8.55. The number of benzene rings is 1. The molecule has 1 saturated carbocycles. The van der Waals surface area contributed by atoms with Gasteiger partial charge in [-0.1, -0.05) is 43.7 Å². The van der Waals surface area contributed by atoms with E-state index in [9.17, 15) is 9.59 Å². The van der Waals surface area contributed by atoms with Crippen LogP contribution in [0.2, 0.25) is 0 Å². The fourth-order valence-corrected chi connectivity index (χ4v) is 6.42. The van der Waals surface area contributed by atoms with Gasteiger partial charge in [-0.15, -0.1) is 11.8 Å². The highest BCUT2D eigenvalue weighted by Crippen LogP contribution is 2.40. The van der Waals surface area contributed by atoms with Crippen molar-refractivity contribution in [1.29, 1.82) is 0 Å². The van der Waals surface area contributed by atoms with Crippen molar-refractivity contribution in [1.82, 2.24) is 10.2 Å². The van der Waals surface area contributed by atoms with E-state index in [-0.39, 0.29) is 17.9 Å². The summed E-state index contributed by atoms with van der Waals surface area (Å²) in [6.07, 6.45) is 5.89. The Labute approximate surface area is 178 Å². The van der Waals surface area contributed by atoms with E-state index in [2.05, 4.69) is 55.3 Å². The van der Waals surface area contributed by atoms with Gasteiger partial charge in [0.2, 0.25) is 5.91 Å². The molecule has 2 amide bonds. The van der Waals surface area contributed by atoms with Gasteiger partial charge in [0, 0.05) is 30.3 Å². The number of nitrogens with zero attached hydrogens (tertiary/aromatic N) is 1. The van der Waals surface area contributed by atoms with Crippen LogP contribution in [-0.2, 0) is 9.59 Å². The Morgan fingerprint density at radius 1 is 1.10 bits per heavy atom. The summed E-state index contributed by atoms with van der Waals surface area (Å²) in [6, 6.07) is 8.35. The van der Waals surface area contributed by atoms with E-state index < -0.39 is 0 Å². The first-order chi connectivity index (χ1) is 13.9. The molecule has 156 valence electrons. The van der Waals surface area contributed by atoms with E-state index in [1.807, 2.05) is 6.08 Å². The van der Waals surface area contributed by atoms with Crippen LogP contribution in [-0.4, -0.2) is 41.1 Å². The fourth-order valence-electron chi connectivity index (χ4n) is 5.13. The molecule has 1 aromatic carbocycles. The topological polar surface area (TPSA) is 49.4 Å². The van der Waals surface area contributed by atoms with Gasteiger partial charge in [-0.3, -0.25) is 9.59 Å². The molecule has 0 aromatic heterocycles. The van der Waals surface area contributed by atoms with Gasteiger partial charge < -0.3 is 10.2 Å². The molecule has 1 aromatic rings. The van der Waals surface area contributed by atoms with Gasteiger partial charge >= 0.3 is 0 Å². The number of likely N-dealkylation sites (tertiary alicyclic amines) is 1. The second-order valence-electron chi connectivity index (χ2n) is 9.35. The zero-order chi connectivity index (χ0) is 20.5. The highest BCUT2D eigenvalue weighted by Gasteiger charge is 2.41. The fraction of sp³-hybridized carbons (Fsp3) is 0.583. The lowest BCUT2D eigenvalue weighted by molar-refractivity contribution is -0.139. The third-order valence-corrected chi connectivity index (χ3v) is 7.93. The molecule has 5 heteroatoms. The molecule has 0 spiro atoms. The number of thioether (sulfide) groups is 1. The predicted molar refractivity (Wildman–Crippen MR) is 119 cm³/mol. The van der Waals surface area contributed by atoms with Crippen LogP contribution < -0.4 is 5.32 Å². The molecule has 1 aliphatic carbocycles. The second-order valence-corrected chi connectivity index (χ2v) is 10.6. The Morgan fingerprint density at radius 3 is 2.48 bits per heavy atom. The van der Waals surface area contributed by atoms with E-state index in [0.29, 0.717) is 23.0 Å². The number of nitrogens with one attached hydrogen (secondary N) is 1. The van der Waals surface area contributed by atoms with Crippen molar-refractivity contribution >= 4 is 29.7 Å². The molecule has 0 bridgehead atoms. The summed E-state index contributed by atoms with van der Waals surface area (Å²) >= 11 is 1.70. The lowest BCUT2D eigenvalue weighted by Gasteiger charge is -2.42. The maximum atomic E-state index is 13.1. The van der Waals surface area contributed by atoms with Crippen LogP contribution in [0.4, 0.5) is 0 Å². The standard InChI is InChI=1S/C24H32N2O2S/c1-15-4-6-18(7-5-15)11-22-23(27)25-20-12-19(8-9-21(20)29-22)24(28)26-13-16(2)10-17(3)14-26/h4-7,11,16-17,19-21H,8-10,12-14H2,1-3H3,(H,25,27)/b22-11+. The number of hydrogen-bond donors (Lipinski definition) is 1. The summed E-state index contributed by atoms with van der Waals surface area (Å²) in [4.78, 5) is 28.7. The van der Waals surface area contributed by atoms with Gasteiger partial charge in [0.05, 0.1) is 4.91 Å². The van der Waals surface area contributed by atoms with Gasteiger partial charge in [0.25, 0.3) is 5.91 Å². The Morgan fingerprint density at radius 2 is 1.79 bits per heavy atom. The van der Waals surface area contributed by atoms with Crippen LogP contribution in [0.1, 0.15) is 50.7 Å². The first-order valence-corrected chi connectivity index (χ1v) is 11.8. The minimum absolute atomic E-state index is 0.00476. The largest absolute Gasteiger partial charge is 0.348 e. The summed E-state index contributed by atoms with van der Waals surface area (Å²) < 4.78 is 0. The lowest BCUT2D eigenvalue weighted by atomic mass is 9.83. The molecule has 5 unspecified atom stereocenters. The minimum atomic E-state index is 0.00476. The molecule has 3 aliphatic rings. The summed E-state index contributed by atoms with van der Waals surface area (Å²) in [5.74, 6) is 1.53. The van der Waals surface area contributed by atoms with Crippen LogP contribution in [0.5, 0.6) is 0 Å². The van der Waals surface area contributed by atoms with E-state index in [1.165, 1.54) is 12.0 Å². The van der Waals surface area contributed by atoms with Crippen LogP contribution in [0, 0.1) is 24.7 Å². The Balaban J connectivity index is 1.40. The zero-order valence-corrected chi connectivity index (χ0v) is 18.5. The quantitative estimate of drug-likeness (QED) is 0.739. The van der Waals surface area contributed by atoms with Gasteiger partial charge in [-0.25, -0.2) is 0 Å². The molecule has 3 fully saturated rings. The third-order valence-electron chi connectivity index (χ3n) is 6.51. The van der Waals surface area contributed by atoms with Crippen molar-refractivity contribution in [3.05, 3.63) is 40.3 Å². The Kier molecular flexibility index (Phi) is 6.05. The van der Waals surface area contributed by atoms with Crippen LogP contribution >= 0.6 is 11.8 Å². The Hall–Kier alpha value is -1.75. The van der Waals surface area contributed by atoms with Gasteiger partial charge in [-0.05, 0) is 56.1 Å². The van der Waals surface area contributed by atoms with E-state index in [1.54, 1.807) is 11.8 Å². The van der Waals surface area contributed by atoms with E-state index in [4.69, 9.17) is 0 Å². The van der Waals surface area contributed by atoms with Gasteiger partial charge in [0.1, 0.15) is 0 Å². The molecule has 4 rings (SSSR count). The molecular weight excluding hydrogens is 380 g/mol. The molecule has 2 saturated heterocycles. The SMILES string of the molecule is Cc1ccc(/C=C2/SC3CCC(C(=O)N4CC(C)CC(C)C4)CC3NC2=O)cc1. The zero-order valence-electron chi connectivity index (χ0n) is 17.7. The first-order valence-electron chi connectivity index (χ1n) is 10.9. The summed E-state index contributed by atoms with van der Waals surface area (Å²) in [7, 11) is 0. The number of piperidine rings is 1. The molecule has 29 heavy (non-hydrogen) atoms. The monoisotopic (exact) mass is 412 g/mol. The van der Waals surface area contributed by atoms with Crippen LogP contribution in [0.3, 0.4) is 0 Å². The predicted octanol–water partition coefficient (Wildman–Crippen LogP) is 4.24. The summed E-state index contributed by atoms with van der Waals surface area (Å²) in [6.45, 7) is 8.32. The maximum Gasteiger partial charge on any atom is 0.257 e. The van der Waals surface area contributed by atoms with Crippen molar-refractivity contribution in [2.24, 2.45) is 17.8 Å². The maximum absolute atomic E-state index is 13.1. The minimum Gasteiger partial charge on any atom is -0.348 e. The number of carbonyl (C=O) groups is 2. The average molecular weight is 413 g/mol. The first kappa shape index (κ1) is 20.5. The van der Waals surface area contributed by atoms with Crippen LogP contribution in [0.15, 0.2) is 29.2 Å². The highest BCUT2D eigenvalue weighted by molar-refractivity contribution is 8.04. The smallest absolute Gasteiger partial charge is 0.257 e. The van der Waals surface area contributed by atoms with Gasteiger partial charge in [-0.2, -0.15) is 0 Å². The molecule has 2 aliphatic heterocycles. The highest BCUT2D eigenvalue weighted by atomic mass is 32.2. The number of carbonyl (C=O) groups excluding carboxylic acids is 2. The number of hydrogen-bond acceptors (Lipinski definition) is 3. The molecule has 5 atom stereocenters. The molecular formula is C24H32N2O2S. The molecule has 0 radical (unpaired) electrons. The van der Waals surface area contributed by atoms with Crippen LogP contribution in [0.25, 0.3) is 6.08 Å². The number of rotatable bonds is 2. The van der Waals surface area contributed by atoms with Crippen molar-refractivity contribution in [2.75, 3.05) is 13.1 Å². The van der Waals surface area contributed by atoms with E-state index >= 15 is 0 Å². The molecule has 1 N–H and O–H groups in total. The van der Waals surface area contributed by atoms with Gasteiger partial charge in [0.15, 0.2) is 0 Å². The molecule has 4 nitrogen and oxygen atoms in total. The number of fused-ring (bicyclic) bond motifs is 1. The average Bonchev–Trinajstić information content (AvgIpc) is 2.68. The summed E-state index contributed by atoms with van der Waals surface area (Å²) in [5.41, 5.74) is 2.28. The molecule has 2 heterocycles. The van der Waals surface area contributed by atoms with E-state index in [0.717, 1.165) is 42.8 Å². The number of aryl methyl sites for hydroxylation is 1. The van der Waals surface area contributed by atoms with Crippen molar-refractivity contribution in [2.45, 2.75) is 57.7 Å². The number of amides is 2. The van der Waals surface area contributed by atoms with Crippen molar-refractivity contribution in [3.63, 3.8) is 0 Å². The normalized spacial score (nSPS) is 33.9. The summed E-state index contributed by atoms with van der Waals surface area (Å²) in [5, 5.41) is 3.57. The lowest BCUT2D eigenvalue weighted by Crippen LogP contribution is -2.53. The Bertz CT molecular complexity index is 794. The third kappa shape index (κ3) is 4.71. The van der Waals surface area contributed by atoms with Crippen molar-refractivity contribution < 1.29 is 9.59 Å². The van der Waals surface area contributed by atoms with Crippen molar-refractivity contribution in [3.8, 4) is 0 Å².